The molecule has 0 amide bonds. The van der Waals surface area contributed by atoms with Crippen molar-refractivity contribution in [2.24, 2.45) is 5.92 Å². The Balaban J connectivity index is 2.30. The molecule has 2 rings (SSSR count). The SMILES string of the molecule is Cc1ccc(-n2ccnc2NCC(C)C)c(C)c1. The van der Waals surface area contributed by atoms with Crippen LogP contribution in [-0.2, 0) is 0 Å². The van der Waals surface area contributed by atoms with Gasteiger partial charge in [0.05, 0.1) is 5.69 Å². The lowest BCUT2D eigenvalue weighted by molar-refractivity contribution is 0.683. The fourth-order valence-corrected chi connectivity index (χ4v) is 2.00. The highest BCUT2D eigenvalue weighted by molar-refractivity contribution is 5.48. The van der Waals surface area contributed by atoms with Crippen LogP contribution in [0.15, 0.2) is 30.6 Å². The van der Waals surface area contributed by atoms with E-state index in [0.717, 1.165) is 12.5 Å². The van der Waals surface area contributed by atoms with Crippen LogP contribution in [0.2, 0.25) is 0 Å². The molecule has 0 unspecified atom stereocenters. The van der Waals surface area contributed by atoms with Gasteiger partial charge >= 0.3 is 0 Å². The molecule has 1 aromatic heterocycles. The first kappa shape index (κ1) is 12.7. The first-order valence-corrected chi connectivity index (χ1v) is 6.43. The molecule has 0 fully saturated rings. The molecular formula is C15H21N3. The van der Waals surface area contributed by atoms with Crippen molar-refractivity contribution in [1.29, 1.82) is 0 Å². The van der Waals surface area contributed by atoms with Crippen LogP contribution in [0.1, 0.15) is 25.0 Å². The standard InChI is InChI=1S/C15H21N3/c1-11(2)10-17-15-16-7-8-18(15)14-6-5-12(3)9-13(14)4/h5-9,11H,10H2,1-4H3,(H,16,17). The summed E-state index contributed by atoms with van der Waals surface area (Å²) in [7, 11) is 0. The average molecular weight is 243 g/mol. The summed E-state index contributed by atoms with van der Waals surface area (Å²) in [5, 5.41) is 3.38. The zero-order chi connectivity index (χ0) is 13.1. The molecule has 0 bridgehead atoms. The Bertz CT molecular complexity index is 526. The number of aryl methyl sites for hydroxylation is 2. The minimum atomic E-state index is 0.606. The highest BCUT2D eigenvalue weighted by atomic mass is 15.2. The number of hydrogen-bond donors (Lipinski definition) is 1. The van der Waals surface area contributed by atoms with E-state index in [-0.39, 0.29) is 0 Å². The van der Waals surface area contributed by atoms with Gasteiger partial charge in [-0.3, -0.25) is 4.57 Å². The number of imidazole rings is 1. The number of hydrogen-bond acceptors (Lipinski definition) is 2. The average Bonchev–Trinajstić information content (AvgIpc) is 2.74. The Morgan fingerprint density at radius 1 is 1.28 bits per heavy atom. The Morgan fingerprint density at radius 2 is 2.06 bits per heavy atom. The molecule has 0 saturated carbocycles. The van der Waals surface area contributed by atoms with Crippen molar-refractivity contribution in [2.45, 2.75) is 27.7 Å². The third-order valence-corrected chi connectivity index (χ3v) is 2.92. The fraction of sp³-hybridized carbons (Fsp3) is 0.400. The summed E-state index contributed by atoms with van der Waals surface area (Å²) < 4.78 is 2.11. The molecule has 1 heterocycles. The van der Waals surface area contributed by atoms with Gasteiger partial charge in [-0.15, -0.1) is 0 Å². The van der Waals surface area contributed by atoms with E-state index in [1.807, 2.05) is 12.4 Å². The molecule has 0 radical (unpaired) electrons. The van der Waals surface area contributed by atoms with Crippen LogP contribution in [0.3, 0.4) is 0 Å². The third-order valence-electron chi connectivity index (χ3n) is 2.92. The Morgan fingerprint density at radius 3 is 2.72 bits per heavy atom. The van der Waals surface area contributed by atoms with Crippen LogP contribution >= 0.6 is 0 Å². The summed E-state index contributed by atoms with van der Waals surface area (Å²) >= 11 is 0. The number of aromatic nitrogens is 2. The first-order chi connectivity index (χ1) is 8.58. The Kier molecular flexibility index (Phi) is 3.70. The van der Waals surface area contributed by atoms with Crippen LogP contribution in [0.5, 0.6) is 0 Å². The van der Waals surface area contributed by atoms with E-state index in [9.17, 15) is 0 Å². The third kappa shape index (κ3) is 2.73. The lowest BCUT2D eigenvalue weighted by Gasteiger charge is -2.13. The van der Waals surface area contributed by atoms with Crippen LogP contribution in [0.25, 0.3) is 5.69 Å². The van der Waals surface area contributed by atoms with E-state index < -0.39 is 0 Å². The van der Waals surface area contributed by atoms with Gasteiger partial charge in [-0.05, 0) is 31.4 Å². The molecular weight excluding hydrogens is 222 g/mol. The second kappa shape index (κ2) is 5.25. The molecule has 2 aromatic rings. The fourth-order valence-electron chi connectivity index (χ4n) is 2.00. The molecule has 0 aliphatic heterocycles. The smallest absolute Gasteiger partial charge is 0.207 e. The van der Waals surface area contributed by atoms with Gasteiger partial charge in [0.15, 0.2) is 0 Å². The zero-order valence-electron chi connectivity index (χ0n) is 11.6. The summed E-state index contributed by atoms with van der Waals surface area (Å²) in [6, 6.07) is 6.48. The van der Waals surface area contributed by atoms with Crippen molar-refractivity contribution >= 4 is 5.95 Å². The number of nitrogens with zero attached hydrogens (tertiary/aromatic N) is 2. The van der Waals surface area contributed by atoms with E-state index in [0.29, 0.717) is 5.92 Å². The maximum atomic E-state index is 4.38. The van der Waals surface area contributed by atoms with E-state index in [4.69, 9.17) is 0 Å². The summed E-state index contributed by atoms with van der Waals surface area (Å²) in [4.78, 5) is 4.38. The van der Waals surface area contributed by atoms with Crippen molar-refractivity contribution in [3.8, 4) is 5.69 Å². The highest BCUT2D eigenvalue weighted by Gasteiger charge is 2.07. The monoisotopic (exact) mass is 243 g/mol. The van der Waals surface area contributed by atoms with Gasteiger partial charge < -0.3 is 5.32 Å². The van der Waals surface area contributed by atoms with Gasteiger partial charge in [0.1, 0.15) is 0 Å². The van der Waals surface area contributed by atoms with Crippen LogP contribution < -0.4 is 5.32 Å². The molecule has 18 heavy (non-hydrogen) atoms. The molecule has 0 spiro atoms. The second-order valence-electron chi connectivity index (χ2n) is 5.19. The van der Waals surface area contributed by atoms with E-state index in [2.05, 4.69) is 60.8 Å². The van der Waals surface area contributed by atoms with E-state index in [1.54, 1.807) is 0 Å². The van der Waals surface area contributed by atoms with Gasteiger partial charge in [-0.25, -0.2) is 4.98 Å². The lowest BCUT2D eigenvalue weighted by Crippen LogP contribution is -2.12. The second-order valence-corrected chi connectivity index (χ2v) is 5.19. The zero-order valence-corrected chi connectivity index (χ0v) is 11.6. The van der Waals surface area contributed by atoms with Gasteiger partial charge in [-0.1, -0.05) is 31.5 Å². The number of benzene rings is 1. The lowest BCUT2D eigenvalue weighted by atomic mass is 10.1. The van der Waals surface area contributed by atoms with Gasteiger partial charge in [0.2, 0.25) is 5.95 Å². The molecule has 1 aromatic carbocycles. The summed E-state index contributed by atoms with van der Waals surface area (Å²) in [6.45, 7) is 9.56. The molecule has 0 saturated heterocycles. The maximum absolute atomic E-state index is 4.38. The predicted molar refractivity (Wildman–Crippen MR) is 76.4 cm³/mol. The highest BCUT2D eigenvalue weighted by Crippen LogP contribution is 2.19. The van der Waals surface area contributed by atoms with Gasteiger partial charge in [0.25, 0.3) is 0 Å². The molecule has 0 aliphatic carbocycles. The topological polar surface area (TPSA) is 29.9 Å². The van der Waals surface area contributed by atoms with Crippen molar-refractivity contribution in [3.63, 3.8) is 0 Å². The minimum Gasteiger partial charge on any atom is -0.355 e. The van der Waals surface area contributed by atoms with Crippen LogP contribution in [0.4, 0.5) is 5.95 Å². The van der Waals surface area contributed by atoms with Crippen molar-refractivity contribution in [3.05, 3.63) is 41.7 Å². The summed E-state index contributed by atoms with van der Waals surface area (Å²) in [5.41, 5.74) is 3.73. The Labute approximate surface area is 109 Å². The first-order valence-electron chi connectivity index (χ1n) is 6.43. The van der Waals surface area contributed by atoms with E-state index >= 15 is 0 Å². The van der Waals surface area contributed by atoms with Crippen LogP contribution in [-0.4, -0.2) is 16.1 Å². The van der Waals surface area contributed by atoms with E-state index in [1.165, 1.54) is 16.8 Å². The summed E-state index contributed by atoms with van der Waals surface area (Å²) in [5.74, 6) is 1.52. The summed E-state index contributed by atoms with van der Waals surface area (Å²) in [6.07, 6.45) is 3.84. The van der Waals surface area contributed by atoms with Crippen molar-refractivity contribution in [2.75, 3.05) is 11.9 Å². The molecule has 3 nitrogen and oxygen atoms in total. The maximum Gasteiger partial charge on any atom is 0.207 e. The Hall–Kier alpha value is -1.77. The normalized spacial score (nSPS) is 10.9. The number of rotatable bonds is 4. The predicted octanol–water partition coefficient (Wildman–Crippen LogP) is 3.56. The van der Waals surface area contributed by atoms with Crippen LogP contribution in [0, 0.1) is 19.8 Å². The quantitative estimate of drug-likeness (QED) is 0.890. The minimum absolute atomic E-state index is 0.606. The molecule has 0 atom stereocenters. The molecule has 1 N–H and O–H groups in total. The number of anilines is 1. The van der Waals surface area contributed by atoms with Gasteiger partial charge in [-0.2, -0.15) is 0 Å². The molecule has 0 aliphatic rings. The van der Waals surface area contributed by atoms with Gasteiger partial charge in [0, 0.05) is 18.9 Å². The number of nitrogens with one attached hydrogen (secondary N) is 1. The molecule has 96 valence electrons. The molecule has 3 heteroatoms. The van der Waals surface area contributed by atoms with Crippen molar-refractivity contribution < 1.29 is 0 Å². The van der Waals surface area contributed by atoms with Crippen molar-refractivity contribution in [1.82, 2.24) is 9.55 Å². The largest absolute Gasteiger partial charge is 0.355 e.